The first-order chi connectivity index (χ1) is 15.9. The quantitative estimate of drug-likeness (QED) is 0.540. The largest absolute Gasteiger partial charge is 0.481 e. The number of nitrogens with one attached hydrogen (secondary N) is 1. The van der Waals surface area contributed by atoms with Crippen molar-refractivity contribution in [2.24, 2.45) is 0 Å². The van der Waals surface area contributed by atoms with Gasteiger partial charge in [0, 0.05) is 46.0 Å². The van der Waals surface area contributed by atoms with Crippen LogP contribution in [-0.2, 0) is 19.1 Å². The summed E-state index contributed by atoms with van der Waals surface area (Å²) in [6, 6.07) is 16.2. The van der Waals surface area contributed by atoms with E-state index in [4.69, 9.17) is 14.6 Å². The van der Waals surface area contributed by atoms with Crippen molar-refractivity contribution in [2.45, 2.75) is 31.3 Å². The summed E-state index contributed by atoms with van der Waals surface area (Å²) in [6.07, 6.45) is -0.629. The second-order valence-corrected chi connectivity index (χ2v) is 8.02. The van der Waals surface area contributed by atoms with Gasteiger partial charge in [0.25, 0.3) is 5.91 Å². The monoisotopic (exact) mass is 454 g/mol. The highest BCUT2D eigenvalue weighted by atomic mass is 16.5. The van der Waals surface area contributed by atoms with Gasteiger partial charge in [-0.2, -0.15) is 0 Å². The number of methoxy groups -OCH3 is 1. The van der Waals surface area contributed by atoms with Crippen LogP contribution in [0.2, 0.25) is 0 Å². The number of rotatable bonds is 11. The van der Waals surface area contributed by atoms with Crippen molar-refractivity contribution in [3.8, 4) is 11.1 Å². The molecule has 2 aromatic rings. The number of hydrogen-bond acceptors (Lipinski definition) is 5. The van der Waals surface area contributed by atoms with Crippen LogP contribution in [0.25, 0.3) is 11.1 Å². The van der Waals surface area contributed by atoms with Crippen LogP contribution in [0.3, 0.4) is 0 Å². The summed E-state index contributed by atoms with van der Waals surface area (Å²) in [5.74, 6) is -1.17. The first-order valence-corrected chi connectivity index (χ1v) is 11.0. The van der Waals surface area contributed by atoms with Gasteiger partial charge in [-0.3, -0.25) is 9.59 Å². The van der Waals surface area contributed by atoms with Gasteiger partial charge >= 0.3 is 12.1 Å². The SMILES string of the molecule is COC(CCNC(=O)OCC1c2ccccc2-c2ccccc21)C(=O)N(C)CCCC(=O)O. The topological polar surface area (TPSA) is 105 Å². The molecule has 0 spiro atoms. The third kappa shape index (κ3) is 6.10. The molecule has 3 rings (SSSR count). The Balaban J connectivity index is 1.46. The smallest absolute Gasteiger partial charge is 0.407 e. The van der Waals surface area contributed by atoms with Crippen LogP contribution in [0, 0.1) is 0 Å². The molecule has 176 valence electrons. The molecule has 1 aliphatic carbocycles. The number of likely N-dealkylation sites (N-methyl/N-ethyl adjacent to an activating group) is 1. The fourth-order valence-corrected chi connectivity index (χ4v) is 4.12. The van der Waals surface area contributed by atoms with E-state index in [9.17, 15) is 14.4 Å². The Bertz CT molecular complexity index is 947. The number of hydrogen-bond donors (Lipinski definition) is 2. The molecule has 0 aliphatic heterocycles. The number of nitrogens with zero attached hydrogens (tertiary/aromatic N) is 1. The highest BCUT2D eigenvalue weighted by Gasteiger charge is 2.29. The minimum Gasteiger partial charge on any atom is -0.481 e. The summed E-state index contributed by atoms with van der Waals surface area (Å²) in [7, 11) is 3.04. The Morgan fingerprint density at radius 1 is 1.06 bits per heavy atom. The van der Waals surface area contributed by atoms with Gasteiger partial charge in [-0.25, -0.2) is 4.79 Å². The van der Waals surface area contributed by atoms with Crippen molar-refractivity contribution in [3.05, 3.63) is 59.7 Å². The summed E-state index contributed by atoms with van der Waals surface area (Å²) >= 11 is 0. The van der Waals surface area contributed by atoms with Crippen LogP contribution in [0.4, 0.5) is 4.79 Å². The van der Waals surface area contributed by atoms with Crippen LogP contribution >= 0.6 is 0 Å². The standard InChI is InChI=1S/C25H30N2O6/c1-27(15-7-12-23(28)29)24(30)22(32-2)13-14-26-25(31)33-16-21-19-10-5-3-8-17(19)18-9-4-6-11-20(18)21/h3-6,8-11,21-22H,7,12-16H2,1-2H3,(H,26,31)(H,28,29). The molecule has 0 aromatic heterocycles. The predicted molar refractivity (Wildman–Crippen MR) is 123 cm³/mol. The van der Waals surface area contributed by atoms with E-state index in [2.05, 4.69) is 29.6 Å². The third-order valence-corrected chi connectivity index (χ3v) is 5.84. The molecule has 1 aliphatic rings. The second-order valence-electron chi connectivity index (χ2n) is 8.02. The fourth-order valence-electron chi connectivity index (χ4n) is 4.12. The zero-order valence-electron chi connectivity index (χ0n) is 19.0. The molecule has 0 saturated carbocycles. The van der Waals surface area contributed by atoms with Gasteiger partial charge in [-0.05, 0) is 28.7 Å². The summed E-state index contributed by atoms with van der Waals surface area (Å²) in [4.78, 5) is 36.8. The summed E-state index contributed by atoms with van der Waals surface area (Å²) in [6.45, 7) is 0.757. The number of fused-ring (bicyclic) bond motifs is 3. The van der Waals surface area contributed by atoms with Crippen LogP contribution in [0.15, 0.2) is 48.5 Å². The minimum absolute atomic E-state index is 0.00138. The van der Waals surface area contributed by atoms with Gasteiger partial charge < -0.3 is 24.8 Å². The Hall–Kier alpha value is -3.39. The van der Waals surface area contributed by atoms with Gasteiger partial charge in [-0.1, -0.05) is 48.5 Å². The number of aliphatic carboxylic acids is 1. The van der Waals surface area contributed by atoms with E-state index in [-0.39, 0.29) is 37.8 Å². The average Bonchev–Trinajstić information content (AvgIpc) is 3.13. The Morgan fingerprint density at radius 3 is 2.24 bits per heavy atom. The normalized spacial score (nSPS) is 13.0. The van der Waals surface area contributed by atoms with Gasteiger partial charge in [0.05, 0.1) is 0 Å². The maximum atomic E-state index is 12.5. The molecule has 0 heterocycles. The second kappa shape index (κ2) is 11.5. The lowest BCUT2D eigenvalue weighted by Crippen LogP contribution is -2.40. The first-order valence-electron chi connectivity index (χ1n) is 11.0. The van der Waals surface area contributed by atoms with Crippen molar-refractivity contribution in [1.82, 2.24) is 10.2 Å². The van der Waals surface area contributed by atoms with Crippen molar-refractivity contribution >= 4 is 18.0 Å². The average molecular weight is 455 g/mol. The number of benzene rings is 2. The summed E-state index contributed by atoms with van der Waals surface area (Å²) in [5.41, 5.74) is 4.61. The van der Waals surface area contributed by atoms with Crippen molar-refractivity contribution in [2.75, 3.05) is 33.9 Å². The number of carboxylic acids is 1. The molecular formula is C25H30N2O6. The molecular weight excluding hydrogens is 424 g/mol. The number of amides is 2. The molecule has 0 bridgehead atoms. The van der Waals surface area contributed by atoms with Crippen molar-refractivity contribution in [3.63, 3.8) is 0 Å². The Labute approximate surface area is 193 Å². The summed E-state index contributed by atoms with van der Waals surface area (Å²) < 4.78 is 10.8. The van der Waals surface area contributed by atoms with Gasteiger partial charge in [0.2, 0.25) is 0 Å². The van der Waals surface area contributed by atoms with Gasteiger partial charge in [-0.15, -0.1) is 0 Å². The molecule has 1 atom stereocenters. The highest BCUT2D eigenvalue weighted by Crippen LogP contribution is 2.44. The van der Waals surface area contributed by atoms with Crippen molar-refractivity contribution < 1.29 is 29.0 Å². The molecule has 1 unspecified atom stereocenters. The Kier molecular flexibility index (Phi) is 8.43. The lowest BCUT2D eigenvalue weighted by molar-refractivity contribution is -0.142. The lowest BCUT2D eigenvalue weighted by Gasteiger charge is -2.23. The number of carboxylic acid groups (broad SMARTS) is 1. The predicted octanol–water partition coefficient (Wildman–Crippen LogP) is 3.25. The van der Waals surface area contributed by atoms with Crippen LogP contribution in [0.5, 0.6) is 0 Å². The van der Waals surface area contributed by atoms with Crippen LogP contribution < -0.4 is 5.32 Å². The highest BCUT2D eigenvalue weighted by molar-refractivity contribution is 5.81. The van der Waals surface area contributed by atoms with E-state index in [1.807, 2.05) is 24.3 Å². The van der Waals surface area contributed by atoms with Gasteiger partial charge in [0.1, 0.15) is 12.7 Å². The van der Waals surface area contributed by atoms with E-state index in [1.54, 1.807) is 7.05 Å². The molecule has 8 heteroatoms. The fraction of sp³-hybridized carbons (Fsp3) is 0.400. The first kappa shape index (κ1) is 24.3. The molecule has 0 saturated heterocycles. The van der Waals surface area contributed by atoms with E-state index in [1.165, 1.54) is 12.0 Å². The number of carbonyl (C=O) groups excluding carboxylic acids is 2. The maximum Gasteiger partial charge on any atom is 0.407 e. The van der Waals surface area contributed by atoms with E-state index in [0.29, 0.717) is 13.0 Å². The van der Waals surface area contributed by atoms with E-state index >= 15 is 0 Å². The Morgan fingerprint density at radius 2 is 1.67 bits per heavy atom. The van der Waals surface area contributed by atoms with Gasteiger partial charge in [0.15, 0.2) is 0 Å². The molecule has 0 radical (unpaired) electrons. The zero-order chi connectivity index (χ0) is 23.8. The number of ether oxygens (including phenoxy) is 2. The summed E-state index contributed by atoms with van der Waals surface area (Å²) in [5, 5.41) is 11.4. The van der Waals surface area contributed by atoms with Crippen LogP contribution in [0.1, 0.15) is 36.3 Å². The molecule has 2 amide bonds. The lowest BCUT2D eigenvalue weighted by atomic mass is 9.98. The van der Waals surface area contributed by atoms with Crippen molar-refractivity contribution in [1.29, 1.82) is 0 Å². The minimum atomic E-state index is -0.897. The van der Waals surface area contributed by atoms with E-state index in [0.717, 1.165) is 22.3 Å². The molecule has 0 fully saturated rings. The molecule has 8 nitrogen and oxygen atoms in total. The van der Waals surface area contributed by atoms with E-state index < -0.39 is 18.2 Å². The third-order valence-electron chi connectivity index (χ3n) is 5.84. The number of carbonyl (C=O) groups is 3. The zero-order valence-corrected chi connectivity index (χ0v) is 19.0. The molecule has 2 N–H and O–H groups in total. The maximum absolute atomic E-state index is 12.5. The molecule has 2 aromatic carbocycles. The number of alkyl carbamates (subject to hydrolysis) is 1. The molecule has 33 heavy (non-hydrogen) atoms. The van der Waals surface area contributed by atoms with Crippen LogP contribution in [-0.4, -0.2) is 67.9 Å².